The number of rotatable bonds is 3. The summed E-state index contributed by atoms with van der Waals surface area (Å²) in [6, 6.07) is 13.7. The number of carbonyl (C=O) groups excluding carboxylic acids is 2. The van der Waals surface area contributed by atoms with Gasteiger partial charge in [0.2, 0.25) is 17.8 Å². The Balaban J connectivity index is 1.72. The first-order valence-corrected chi connectivity index (χ1v) is 7.36. The zero-order valence-corrected chi connectivity index (χ0v) is 12.6. The molecule has 24 heavy (non-hydrogen) atoms. The maximum Gasteiger partial charge on any atom is 0.249 e. The molecule has 7 heteroatoms. The molecular formula is C17H15FN4O2. The monoisotopic (exact) mass is 326 g/mol. The van der Waals surface area contributed by atoms with E-state index in [4.69, 9.17) is 0 Å². The van der Waals surface area contributed by atoms with E-state index < -0.39 is 6.04 Å². The van der Waals surface area contributed by atoms with Gasteiger partial charge in [0.1, 0.15) is 11.9 Å². The smallest absolute Gasteiger partial charge is 0.249 e. The first kappa shape index (κ1) is 15.7. The highest BCUT2D eigenvalue weighted by Crippen LogP contribution is 2.13. The van der Waals surface area contributed by atoms with Crippen molar-refractivity contribution in [2.24, 2.45) is 4.99 Å². The molecule has 122 valence electrons. The van der Waals surface area contributed by atoms with E-state index in [0.29, 0.717) is 11.4 Å². The molecule has 0 fully saturated rings. The van der Waals surface area contributed by atoms with Crippen molar-refractivity contribution >= 4 is 29.1 Å². The van der Waals surface area contributed by atoms with Gasteiger partial charge in [0.05, 0.1) is 6.42 Å². The van der Waals surface area contributed by atoms with Gasteiger partial charge in [-0.1, -0.05) is 18.2 Å². The van der Waals surface area contributed by atoms with Crippen molar-refractivity contribution in [3.63, 3.8) is 0 Å². The SMILES string of the molecule is O=C1CC(C(=O)Nc2ccccc2)N=C(Nc2ccc(F)cc2)N1. The predicted molar refractivity (Wildman–Crippen MR) is 89.1 cm³/mol. The van der Waals surface area contributed by atoms with Crippen LogP contribution in [0.25, 0.3) is 0 Å². The Morgan fingerprint density at radius 2 is 1.79 bits per heavy atom. The van der Waals surface area contributed by atoms with Crippen LogP contribution < -0.4 is 16.0 Å². The largest absolute Gasteiger partial charge is 0.326 e. The van der Waals surface area contributed by atoms with Crippen molar-refractivity contribution < 1.29 is 14.0 Å². The first-order chi connectivity index (χ1) is 11.6. The summed E-state index contributed by atoms with van der Waals surface area (Å²) in [4.78, 5) is 28.3. The van der Waals surface area contributed by atoms with Gasteiger partial charge in [0.25, 0.3) is 0 Å². The van der Waals surface area contributed by atoms with Crippen molar-refractivity contribution in [3.8, 4) is 0 Å². The molecule has 0 aromatic heterocycles. The van der Waals surface area contributed by atoms with Crippen LogP contribution in [-0.4, -0.2) is 23.8 Å². The molecular weight excluding hydrogens is 311 g/mol. The Morgan fingerprint density at radius 3 is 2.50 bits per heavy atom. The van der Waals surface area contributed by atoms with Gasteiger partial charge in [-0.2, -0.15) is 0 Å². The molecule has 2 amide bonds. The van der Waals surface area contributed by atoms with E-state index in [-0.39, 0.29) is 30.0 Å². The van der Waals surface area contributed by atoms with Crippen LogP contribution in [0, 0.1) is 5.82 Å². The Hall–Kier alpha value is -3.22. The van der Waals surface area contributed by atoms with E-state index in [1.54, 1.807) is 24.3 Å². The van der Waals surface area contributed by atoms with Crippen LogP contribution in [0.4, 0.5) is 15.8 Å². The number of benzene rings is 2. The number of halogens is 1. The van der Waals surface area contributed by atoms with Crippen LogP contribution in [-0.2, 0) is 9.59 Å². The molecule has 2 aromatic carbocycles. The lowest BCUT2D eigenvalue weighted by Crippen LogP contribution is -2.45. The van der Waals surface area contributed by atoms with E-state index in [0.717, 1.165) is 0 Å². The van der Waals surface area contributed by atoms with Crippen molar-refractivity contribution in [1.29, 1.82) is 0 Å². The van der Waals surface area contributed by atoms with Crippen LogP contribution in [0.1, 0.15) is 6.42 Å². The second-order valence-electron chi connectivity index (χ2n) is 5.23. The maximum absolute atomic E-state index is 12.9. The molecule has 0 radical (unpaired) electrons. The molecule has 3 N–H and O–H groups in total. The van der Waals surface area contributed by atoms with Gasteiger partial charge in [0.15, 0.2) is 0 Å². The minimum Gasteiger partial charge on any atom is -0.326 e. The number of hydrogen-bond acceptors (Lipinski definition) is 4. The summed E-state index contributed by atoms with van der Waals surface area (Å²) >= 11 is 0. The summed E-state index contributed by atoms with van der Waals surface area (Å²) in [5.74, 6) is -0.890. The van der Waals surface area contributed by atoms with Gasteiger partial charge in [-0.25, -0.2) is 9.38 Å². The number of carbonyl (C=O) groups is 2. The van der Waals surface area contributed by atoms with Crippen LogP contribution in [0.3, 0.4) is 0 Å². The number of aliphatic imine (C=N–C) groups is 1. The van der Waals surface area contributed by atoms with Crippen molar-refractivity contribution in [2.45, 2.75) is 12.5 Å². The summed E-state index contributed by atoms with van der Waals surface area (Å²) in [5.41, 5.74) is 1.19. The van der Waals surface area contributed by atoms with E-state index in [9.17, 15) is 14.0 Å². The molecule has 2 aromatic rings. The first-order valence-electron chi connectivity index (χ1n) is 7.36. The molecule has 1 atom stereocenters. The fourth-order valence-electron chi connectivity index (χ4n) is 2.22. The van der Waals surface area contributed by atoms with E-state index in [1.807, 2.05) is 6.07 Å². The van der Waals surface area contributed by atoms with Gasteiger partial charge in [0, 0.05) is 11.4 Å². The minimum atomic E-state index is -0.832. The molecule has 0 saturated heterocycles. The lowest BCUT2D eigenvalue weighted by Gasteiger charge is -2.21. The van der Waals surface area contributed by atoms with E-state index in [2.05, 4.69) is 20.9 Å². The second-order valence-corrected chi connectivity index (χ2v) is 5.23. The van der Waals surface area contributed by atoms with Gasteiger partial charge in [-0.15, -0.1) is 0 Å². The zero-order valence-electron chi connectivity index (χ0n) is 12.6. The van der Waals surface area contributed by atoms with E-state index >= 15 is 0 Å². The van der Waals surface area contributed by atoms with Crippen molar-refractivity contribution in [2.75, 3.05) is 10.6 Å². The number of para-hydroxylation sites is 1. The summed E-state index contributed by atoms with van der Waals surface area (Å²) in [6.45, 7) is 0. The highest BCUT2D eigenvalue weighted by atomic mass is 19.1. The third kappa shape index (κ3) is 3.95. The van der Waals surface area contributed by atoms with Gasteiger partial charge in [-0.3, -0.25) is 14.9 Å². The van der Waals surface area contributed by atoms with Gasteiger partial charge < -0.3 is 10.6 Å². The van der Waals surface area contributed by atoms with Crippen LogP contribution in [0.2, 0.25) is 0 Å². The Morgan fingerprint density at radius 1 is 1.08 bits per heavy atom. The molecule has 0 aliphatic carbocycles. The standard InChI is InChI=1S/C17H15FN4O2/c18-11-6-8-13(9-7-11)20-17-21-14(10-15(23)22-17)16(24)19-12-4-2-1-3-5-12/h1-9,14H,10H2,(H,19,24)(H2,20,21,22,23). The number of nitrogens with one attached hydrogen (secondary N) is 3. The topological polar surface area (TPSA) is 82.6 Å². The molecule has 1 heterocycles. The number of hydrogen-bond donors (Lipinski definition) is 3. The highest BCUT2D eigenvalue weighted by Gasteiger charge is 2.27. The molecule has 6 nitrogen and oxygen atoms in total. The molecule has 0 spiro atoms. The Labute approximate surface area is 137 Å². The number of amides is 2. The lowest BCUT2D eigenvalue weighted by atomic mass is 10.1. The quantitative estimate of drug-likeness (QED) is 0.808. The van der Waals surface area contributed by atoms with Gasteiger partial charge in [-0.05, 0) is 36.4 Å². The fourth-order valence-corrected chi connectivity index (χ4v) is 2.22. The molecule has 3 rings (SSSR count). The Kier molecular flexibility index (Phi) is 4.51. The van der Waals surface area contributed by atoms with Gasteiger partial charge >= 0.3 is 0 Å². The molecule has 0 saturated carbocycles. The summed E-state index contributed by atoms with van der Waals surface area (Å²) in [5, 5.41) is 8.13. The Bertz CT molecular complexity index is 775. The summed E-state index contributed by atoms with van der Waals surface area (Å²) in [6.07, 6.45) is -0.0345. The van der Waals surface area contributed by atoms with E-state index in [1.165, 1.54) is 24.3 Å². The lowest BCUT2D eigenvalue weighted by molar-refractivity contribution is -0.124. The summed E-state index contributed by atoms with van der Waals surface area (Å²) < 4.78 is 12.9. The average Bonchev–Trinajstić information content (AvgIpc) is 2.57. The number of nitrogens with zero attached hydrogens (tertiary/aromatic N) is 1. The number of guanidine groups is 1. The summed E-state index contributed by atoms with van der Waals surface area (Å²) in [7, 11) is 0. The number of anilines is 2. The van der Waals surface area contributed by atoms with Crippen LogP contribution in [0.5, 0.6) is 0 Å². The second kappa shape index (κ2) is 6.91. The normalized spacial score (nSPS) is 16.8. The third-order valence-electron chi connectivity index (χ3n) is 3.37. The zero-order chi connectivity index (χ0) is 16.9. The highest BCUT2D eigenvalue weighted by molar-refractivity contribution is 6.09. The predicted octanol–water partition coefficient (Wildman–Crippen LogP) is 2.12. The average molecular weight is 326 g/mol. The van der Waals surface area contributed by atoms with Crippen molar-refractivity contribution in [3.05, 3.63) is 60.4 Å². The third-order valence-corrected chi connectivity index (χ3v) is 3.37. The molecule has 1 aliphatic rings. The minimum absolute atomic E-state index is 0.0345. The fraction of sp³-hybridized carbons (Fsp3) is 0.118. The van der Waals surface area contributed by atoms with Crippen molar-refractivity contribution in [1.82, 2.24) is 5.32 Å². The molecule has 0 bridgehead atoms. The molecule has 1 aliphatic heterocycles. The van der Waals surface area contributed by atoms with Crippen LogP contribution in [0.15, 0.2) is 59.6 Å². The molecule has 1 unspecified atom stereocenters. The van der Waals surface area contributed by atoms with Crippen LogP contribution >= 0.6 is 0 Å². The maximum atomic E-state index is 12.9.